The fourth-order valence-corrected chi connectivity index (χ4v) is 8.47. The summed E-state index contributed by atoms with van der Waals surface area (Å²) in [6.45, 7) is 16.1. The summed E-state index contributed by atoms with van der Waals surface area (Å²) in [5.41, 5.74) is -1.02. The molecule has 3 fully saturated rings. The Morgan fingerprint density at radius 1 is 1.09 bits per heavy atom. The van der Waals surface area contributed by atoms with Gasteiger partial charge in [0.05, 0.1) is 29.4 Å². The van der Waals surface area contributed by atoms with Crippen molar-refractivity contribution in [2.45, 2.75) is 136 Å². The van der Waals surface area contributed by atoms with Crippen LogP contribution in [0.15, 0.2) is 6.20 Å². The van der Waals surface area contributed by atoms with Gasteiger partial charge in [-0.25, -0.2) is 4.68 Å². The van der Waals surface area contributed by atoms with E-state index in [1.807, 2.05) is 55.4 Å². The van der Waals surface area contributed by atoms with Gasteiger partial charge in [0.15, 0.2) is 23.5 Å². The monoisotopic (exact) mass is 657 g/mol. The van der Waals surface area contributed by atoms with E-state index in [0.29, 0.717) is 16.9 Å². The molecule has 4 heterocycles. The average Bonchev–Trinajstić information content (AvgIpc) is 3.61. The third-order valence-electron chi connectivity index (χ3n) is 7.39. The predicted octanol–water partition coefficient (Wildman–Crippen LogP) is 5.99. The predicted molar refractivity (Wildman–Crippen MR) is 164 cm³/mol. The molecule has 0 unspecified atom stereocenters. The number of anilines is 1. The Morgan fingerprint density at radius 2 is 1.70 bits per heavy atom. The Kier molecular flexibility index (Phi) is 9.29. The fourth-order valence-electron chi connectivity index (χ4n) is 6.17. The first-order valence-electron chi connectivity index (χ1n) is 15.1. The van der Waals surface area contributed by atoms with Crippen LogP contribution in [0.5, 0.6) is 0 Å². The number of carbonyl (C=O) groups excluding carboxylic acids is 1. The summed E-state index contributed by atoms with van der Waals surface area (Å²) < 4.78 is 51.9. The standard InChI is InChI=1S/C29H45ClN5O8P/c1-17(36)34(18-12-10-11-13-18)23-19-14-31-35(24(19)33-26(30)32-23)25-22-21(40-29(8,9)41-22)20(39-25)15-38-16-44(37,42-27(2,3)4)43-28(5,6)7/h14,18,20-22,25H,10-13,15-16H2,1-9H3/t20-,21-,22-,25-/m1/s1. The molecule has 0 radical (unpaired) electrons. The first-order valence-corrected chi connectivity index (χ1v) is 17.3. The van der Waals surface area contributed by atoms with E-state index in [0.717, 1.165) is 25.7 Å². The highest BCUT2D eigenvalue weighted by molar-refractivity contribution is 7.53. The number of fused-ring (bicyclic) bond motifs is 2. The molecule has 0 bridgehead atoms. The lowest BCUT2D eigenvalue weighted by Gasteiger charge is -2.32. The summed E-state index contributed by atoms with van der Waals surface area (Å²) in [6, 6.07) is 0.0338. The Bertz CT molecular complexity index is 1400. The third kappa shape index (κ3) is 7.47. The largest absolute Gasteiger partial charge is 0.366 e. The van der Waals surface area contributed by atoms with Gasteiger partial charge in [-0.2, -0.15) is 15.1 Å². The smallest absolute Gasteiger partial charge is 0.357 e. The fraction of sp³-hybridized carbons (Fsp3) is 0.793. The van der Waals surface area contributed by atoms with E-state index < -0.39 is 49.1 Å². The Labute approximate surface area is 263 Å². The molecule has 0 spiro atoms. The molecule has 2 aromatic heterocycles. The molecule has 0 aromatic carbocycles. The van der Waals surface area contributed by atoms with Crippen LogP contribution in [0.3, 0.4) is 0 Å². The summed E-state index contributed by atoms with van der Waals surface area (Å²) in [4.78, 5) is 23.5. The second kappa shape index (κ2) is 12.2. The maximum atomic E-state index is 13.7. The van der Waals surface area contributed by atoms with Crippen molar-refractivity contribution >= 4 is 42.0 Å². The molecule has 2 aliphatic heterocycles. The number of hydrogen-bond donors (Lipinski definition) is 0. The zero-order chi connectivity index (χ0) is 32.2. The molecule has 0 N–H and O–H groups in total. The number of ether oxygens (including phenoxy) is 4. The van der Waals surface area contributed by atoms with Crippen molar-refractivity contribution in [1.82, 2.24) is 19.7 Å². The first kappa shape index (κ1) is 33.7. The van der Waals surface area contributed by atoms with E-state index in [9.17, 15) is 9.36 Å². The van der Waals surface area contributed by atoms with Gasteiger partial charge in [-0.3, -0.25) is 14.3 Å². The van der Waals surface area contributed by atoms with Crippen LogP contribution in [0.4, 0.5) is 5.82 Å². The van der Waals surface area contributed by atoms with Gasteiger partial charge < -0.3 is 28.0 Å². The van der Waals surface area contributed by atoms with Crippen molar-refractivity contribution in [3.63, 3.8) is 0 Å². The summed E-state index contributed by atoms with van der Waals surface area (Å²) in [5, 5.41) is 5.19. The highest BCUT2D eigenvalue weighted by atomic mass is 35.5. The number of amides is 1. The van der Waals surface area contributed by atoms with Gasteiger partial charge in [-0.1, -0.05) is 12.8 Å². The van der Waals surface area contributed by atoms with Gasteiger partial charge in [0, 0.05) is 13.0 Å². The topological polar surface area (TPSA) is 136 Å². The molecule has 1 amide bonds. The highest BCUT2D eigenvalue weighted by Crippen LogP contribution is 2.54. The number of carbonyl (C=O) groups is 1. The number of nitrogens with zero attached hydrogens (tertiary/aromatic N) is 5. The number of rotatable bonds is 9. The minimum absolute atomic E-state index is 0.00898. The molecule has 15 heteroatoms. The maximum absolute atomic E-state index is 13.7. The minimum atomic E-state index is -3.64. The quantitative estimate of drug-likeness (QED) is 0.232. The zero-order valence-electron chi connectivity index (χ0n) is 27.0. The van der Waals surface area contributed by atoms with Gasteiger partial charge in [0.25, 0.3) is 0 Å². The van der Waals surface area contributed by atoms with Gasteiger partial charge in [0.2, 0.25) is 11.2 Å². The van der Waals surface area contributed by atoms with Gasteiger partial charge in [-0.15, -0.1) is 0 Å². The van der Waals surface area contributed by atoms with E-state index in [-0.39, 0.29) is 30.2 Å². The molecule has 246 valence electrons. The van der Waals surface area contributed by atoms with Crippen LogP contribution in [-0.2, 0) is 37.4 Å². The van der Waals surface area contributed by atoms with Crippen molar-refractivity contribution in [2.24, 2.45) is 0 Å². The van der Waals surface area contributed by atoms with Crippen molar-refractivity contribution in [3.8, 4) is 0 Å². The van der Waals surface area contributed by atoms with E-state index in [1.165, 1.54) is 6.92 Å². The van der Waals surface area contributed by atoms with Gasteiger partial charge >= 0.3 is 7.60 Å². The summed E-state index contributed by atoms with van der Waals surface area (Å²) >= 11 is 6.43. The van der Waals surface area contributed by atoms with Crippen LogP contribution in [0.2, 0.25) is 5.28 Å². The average molecular weight is 658 g/mol. The molecule has 2 saturated heterocycles. The Morgan fingerprint density at radius 3 is 2.30 bits per heavy atom. The maximum Gasteiger partial charge on any atom is 0.357 e. The van der Waals surface area contributed by atoms with E-state index in [1.54, 1.807) is 15.8 Å². The van der Waals surface area contributed by atoms with Crippen molar-refractivity contribution < 1.29 is 37.4 Å². The molecule has 13 nitrogen and oxygen atoms in total. The van der Waals surface area contributed by atoms with E-state index in [4.69, 9.17) is 39.6 Å². The Hall–Kier alpha value is -1.70. The van der Waals surface area contributed by atoms with E-state index >= 15 is 0 Å². The summed E-state index contributed by atoms with van der Waals surface area (Å²) in [6.07, 6.45) is 2.78. The Balaban J connectivity index is 1.41. The normalized spacial score (nSPS) is 26.0. The molecule has 44 heavy (non-hydrogen) atoms. The van der Waals surface area contributed by atoms with Crippen molar-refractivity contribution in [2.75, 3.05) is 17.9 Å². The molecular formula is C29H45ClN5O8P. The lowest BCUT2D eigenvalue weighted by Crippen LogP contribution is -2.38. The SMILES string of the molecule is CC(=O)N(c1nc(Cl)nc2c1cnn2[C@@H]1O[C@H](COCP(=O)(OC(C)(C)C)OC(C)(C)C)[C@H]2OC(C)(C)O[C@H]21)C1CCCC1. The number of hydrogen-bond acceptors (Lipinski definition) is 11. The molecule has 1 aliphatic carbocycles. The van der Waals surface area contributed by atoms with Crippen LogP contribution >= 0.6 is 19.2 Å². The second-order valence-corrected chi connectivity index (χ2v) is 16.3. The molecule has 2 aromatic rings. The van der Waals surface area contributed by atoms with Crippen LogP contribution in [0.25, 0.3) is 11.0 Å². The molecule has 1 saturated carbocycles. The molecular weight excluding hydrogens is 613 g/mol. The van der Waals surface area contributed by atoms with Crippen LogP contribution < -0.4 is 4.90 Å². The lowest BCUT2D eigenvalue weighted by atomic mass is 10.1. The highest BCUT2D eigenvalue weighted by Gasteiger charge is 2.56. The third-order valence-corrected chi connectivity index (χ3v) is 9.71. The van der Waals surface area contributed by atoms with Crippen LogP contribution in [0.1, 0.15) is 94.2 Å². The van der Waals surface area contributed by atoms with Gasteiger partial charge in [-0.05, 0) is 79.8 Å². The molecule has 4 atom stereocenters. The molecule has 3 aliphatic rings. The summed E-state index contributed by atoms with van der Waals surface area (Å²) in [7, 11) is -3.64. The van der Waals surface area contributed by atoms with Gasteiger partial charge in [0.1, 0.15) is 24.7 Å². The minimum Gasteiger partial charge on any atom is -0.366 e. The zero-order valence-corrected chi connectivity index (χ0v) is 28.7. The number of aromatic nitrogens is 4. The van der Waals surface area contributed by atoms with E-state index in [2.05, 4.69) is 15.1 Å². The summed E-state index contributed by atoms with van der Waals surface area (Å²) in [5.74, 6) is -0.588. The lowest BCUT2D eigenvalue weighted by molar-refractivity contribution is -0.202. The van der Waals surface area contributed by atoms with Crippen molar-refractivity contribution in [3.05, 3.63) is 11.5 Å². The van der Waals surface area contributed by atoms with Crippen LogP contribution in [-0.4, -0.2) is 80.0 Å². The number of halogens is 1. The van der Waals surface area contributed by atoms with Crippen molar-refractivity contribution in [1.29, 1.82) is 0 Å². The second-order valence-electron chi connectivity index (χ2n) is 14.1. The van der Waals surface area contributed by atoms with Crippen LogP contribution in [0, 0.1) is 0 Å². The molecule has 5 rings (SSSR count). The first-order chi connectivity index (χ1) is 20.3.